The minimum absolute atomic E-state index is 0.115. The molecule has 1 aliphatic rings. The molecule has 0 aliphatic heterocycles. The van der Waals surface area contributed by atoms with Crippen LogP contribution in [0.5, 0.6) is 0 Å². The highest BCUT2D eigenvalue weighted by Gasteiger charge is 2.31. The van der Waals surface area contributed by atoms with E-state index in [1.165, 1.54) is 65.7 Å². The van der Waals surface area contributed by atoms with Crippen molar-refractivity contribution in [2.24, 2.45) is 0 Å². The van der Waals surface area contributed by atoms with E-state index in [0.717, 1.165) is 11.2 Å². The minimum atomic E-state index is -0.115. The van der Waals surface area contributed by atoms with Gasteiger partial charge < -0.3 is 4.42 Å². The number of hydrogen-bond donors (Lipinski definition) is 0. The minimum Gasteiger partial charge on any atom is -0.456 e. The Morgan fingerprint density at radius 3 is 2.03 bits per heavy atom. The van der Waals surface area contributed by atoms with E-state index in [-0.39, 0.29) is 5.41 Å². The molecular formula is C37H26O. The lowest BCUT2D eigenvalue weighted by Gasteiger charge is -2.28. The van der Waals surface area contributed by atoms with Crippen molar-refractivity contribution in [1.29, 1.82) is 0 Å². The molecule has 0 atom stereocenters. The van der Waals surface area contributed by atoms with Crippen LogP contribution in [-0.2, 0) is 5.41 Å². The van der Waals surface area contributed by atoms with Gasteiger partial charge in [0.25, 0.3) is 0 Å². The topological polar surface area (TPSA) is 13.1 Å². The molecule has 0 amide bonds. The van der Waals surface area contributed by atoms with Crippen molar-refractivity contribution in [3.05, 3.63) is 143 Å². The fourth-order valence-electron chi connectivity index (χ4n) is 6.71. The molecule has 180 valence electrons. The van der Waals surface area contributed by atoms with E-state index < -0.39 is 0 Å². The lowest BCUT2D eigenvalue weighted by Crippen LogP contribution is -2.20. The Bertz CT molecular complexity index is 2100. The molecule has 1 nitrogen and oxygen atoms in total. The Kier molecular flexibility index (Phi) is 4.35. The second kappa shape index (κ2) is 7.69. The van der Waals surface area contributed by atoms with Crippen molar-refractivity contribution >= 4 is 55.1 Å². The lowest BCUT2D eigenvalue weighted by atomic mass is 9.75. The molecule has 0 spiro atoms. The summed E-state index contributed by atoms with van der Waals surface area (Å²) >= 11 is 0. The first-order chi connectivity index (χ1) is 18.6. The number of fused-ring (bicyclic) bond motifs is 3. The molecule has 0 bridgehead atoms. The second-order valence-corrected chi connectivity index (χ2v) is 10.9. The normalized spacial score (nSPS) is 14.4. The average Bonchev–Trinajstić information content (AvgIpc) is 3.15. The van der Waals surface area contributed by atoms with E-state index in [9.17, 15) is 0 Å². The van der Waals surface area contributed by atoms with Gasteiger partial charge >= 0.3 is 0 Å². The Morgan fingerprint density at radius 2 is 1.16 bits per heavy atom. The molecule has 1 heterocycles. The van der Waals surface area contributed by atoms with Crippen LogP contribution >= 0.6 is 0 Å². The van der Waals surface area contributed by atoms with E-state index in [1.54, 1.807) is 0 Å². The molecule has 0 unspecified atom stereocenters. The van der Waals surface area contributed by atoms with E-state index in [1.807, 2.05) is 0 Å². The van der Waals surface area contributed by atoms with Gasteiger partial charge in [-0.15, -0.1) is 0 Å². The third-order valence-corrected chi connectivity index (χ3v) is 8.49. The Hall–Kier alpha value is -4.62. The molecule has 7 aromatic rings. The zero-order valence-corrected chi connectivity index (χ0v) is 21.5. The maximum Gasteiger partial charge on any atom is 0.135 e. The fourth-order valence-corrected chi connectivity index (χ4v) is 6.71. The maximum absolute atomic E-state index is 6.65. The van der Waals surface area contributed by atoms with E-state index in [2.05, 4.69) is 135 Å². The van der Waals surface area contributed by atoms with Crippen LogP contribution in [0.15, 0.2) is 120 Å². The van der Waals surface area contributed by atoms with Gasteiger partial charge in [0.1, 0.15) is 11.2 Å². The van der Waals surface area contributed by atoms with Crippen LogP contribution in [0.4, 0.5) is 0 Å². The number of benzene rings is 6. The first kappa shape index (κ1) is 21.5. The molecule has 0 radical (unpaired) electrons. The van der Waals surface area contributed by atoms with Gasteiger partial charge in [-0.2, -0.15) is 0 Å². The van der Waals surface area contributed by atoms with Crippen LogP contribution < -0.4 is 0 Å². The van der Waals surface area contributed by atoms with Crippen LogP contribution in [0.1, 0.15) is 41.7 Å². The van der Waals surface area contributed by atoms with Gasteiger partial charge in [0.2, 0.25) is 0 Å². The van der Waals surface area contributed by atoms with Crippen molar-refractivity contribution < 1.29 is 4.42 Å². The lowest BCUT2D eigenvalue weighted by molar-refractivity contribution is 0.639. The van der Waals surface area contributed by atoms with Gasteiger partial charge in [0.05, 0.1) is 0 Å². The molecular weight excluding hydrogens is 460 g/mol. The highest BCUT2D eigenvalue weighted by atomic mass is 16.3. The Morgan fingerprint density at radius 1 is 0.500 bits per heavy atom. The van der Waals surface area contributed by atoms with E-state index in [4.69, 9.17) is 4.42 Å². The van der Waals surface area contributed by atoms with Crippen LogP contribution in [-0.4, -0.2) is 0 Å². The smallest absolute Gasteiger partial charge is 0.135 e. The molecule has 0 fully saturated rings. The van der Waals surface area contributed by atoms with Crippen molar-refractivity contribution in [1.82, 2.24) is 0 Å². The molecule has 1 heteroatoms. The van der Waals surface area contributed by atoms with Gasteiger partial charge in [-0.05, 0) is 73.1 Å². The molecule has 6 aromatic carbocycles. The van der Waals surface area contributed by atoms with Gasteiger partial charge in [0, 0.05) is 16.2 Å². The van der Waals surface area contributed by atoms with Crippen LogP contribution in [0.25, 0.3) is 55.1 Å². The summed E-state index contributed by atoms with van der Waals surface area (Å²) in [7, 11) is 0. The summed E-state index contributed by atoms with van der Waals surface area (Å²) in [6, 6.07) is 41.7. The molecule has 38 heavy (non-hydrogen) atoms. The van der Waals surface area contributed by atoms with Crippen molar-refractivity contribution in [2.45, 2.75) is 19.3 Å². The number of rotatable bonds is 1. The van der Waals surface area contributed by atoms with Gasteiger partial charge in [-0.25, -0.2) is 0 Å². The fraction of sp³-hybridized carbons (Fsp3) is 0.0811. The van der Waals surface area contributed by atoms with Crippen molar-refractivity contribution in [2.75, 3.05) is 0 Å². The van der Waals surface area contributed by atoms with Crippen LogP contribution in [0.2, 0.25) is 0 Å². The molecule has 8 rings (SSSR count). The SMILES string of the molecule is CC1(C)c2ccccc2C=C(c2ccc3oc4cccc5cccc(c6cccc2c36)c54)c2ccccc21. The molecule has 0 N–H and O–H groups in total. The van der Waals surface area contributed by atoms with Crippen LogP contribution in [0, 0.1) is 0 Å². The monoisotopic (exact) mass is 486 g/mol. The average molecular weight is 487 g/mol. The van der Waals surface area contributed by atoms with Gasteiger partial charge in [-0.1, -0.05) is 117 Å². The van der Waals surface area contributed by atoms with E-state index >= 15 is 0 Å². The first-order valence-corrected chi connectivity index (χ1v) is 13.3. The summed E-state index contributed by atoms with van der Waals surface area (Å²) in [5.41, 5.74) is 9.45. The van der Waals surface area contributed by atoms with E-state index in [0.29, 0.717) is 0 Å². The summed E-state index contributed by atoms with van der Waals surface area (Å²) < 4.78 is 6.65. The molecule has 1 aliphatic carbocycles. The maximum atomic E-state index is 6.65. The first-order valence-electron chi connectivity index (χ1n) is 13.3. The largest absolute Gasteiger partial charge is 0.456 e. The van der Waals surface area contributed by atoms with Crippen molar-refractivity contribution in [3.63, 3.8) is 0 Å². The summed E-state index contributed by atoms with van der Waals surface area (Å²) in [5, 5.41) is 7.20. The molecule has 0 saturated heterocycles. The quantitative estimate of drug-likeness (QED) is 0.225. The summed E-state index contributed by atoms with van der Waals surface area (Å²) in [5.74, 6) is 0. The Labute approximate surface area is 221 Å². The van der Waals surface area contributed by atoms with Gasteiger partial charge in [0.15, 0.2) is 0 Å². The summed E-state index contributed by atoms with van der Waals surface area (Å²) in [6.07, 6.45) is 2.39. The van der Waals surface area contributed by atoms with Crippen molar-refractivity contribution in [3.8, 4) is 0 Å². The standard InChI is InChI=1S/C37H26O/c1-37(2)31-17-5-3-10-24(31)22-30(26-13-4-6-18-32(26)37)25-20-21-34-36-27(25)15-9-16-29(36)28-14-7-11-23-12-8-19-33(38-34)35(23)28/h3-22H,1-2H3. The van der Waals surface area contributed by atoms with Crippen LogP contribution in [0.3, 0.4) is 0 Å². The highest BCUT2D eigenvalue weighted by molar-refractivity contribution is 6.24. The third kappa shape index (κ3) is 2.87. The second-order valence-electron chi connectivity index (χ2n) is 10.9. The molecule has 0 saturated carbocycles. The summed E-state index contributed by atoms with van der Waals surface area (Å²) in [6.45, 7) is 4.68. The summed E-state index contributed by atoms with van der Waals surface area (Å²) in [4.78, 5) is 0. The zero-order valence-electron chi connectivity index (χ0n) is 21.5. The third-order valence-electron chi connectivity index (χ3n) is 8.49. The zero-order chi connectivity index (χ0) is 25.4. The predicted octanol–water partition coefficient (Wildman–Crippen LogP) is 10.1. The number of hydrogen-bond acceptors (Lipinski definition) is 1. The van der Waals surface area contributed by atoms with Gasteiger partial charge in [-0.3, -0.25) is 0 Å². The highest BCUT2D eigenvalue weighted by Crippen LogP contribution is 2.46. The predicted molar refractivity (Wildman–Crippen MR) is 161 cm³/mol. The molecule has 1 aromatic heterocycles. The Balaban J connectivity index is 1.54.